The van der Waals surface area contributed by atoms with Crippen molar-refractivity contribution < 1.29 is 21.6 Å². The topological polar surface area (TPSA) is 72.2 Å². The van der Waals surface area contributed by atoms with E-state index in [9.17, 15) is 21.6 Å². The van der Waals surface area contributed by atoms with Crippen LogP contribution < -0.4 is 10.5 Å². The van der Waals surface area contributed by atoms with Gasteiger partial charge in [-0.15, -0.1) is 0 Å². The maximum atomic E-state index is 12.0. The van der Waals surface area contributed by atoms with Gasteiger partial charge in [0, 0.05) is 13.1 Å². The van der Waals surface area contributed by atoms with Crippen molar-refractivity contribution in [2.45, 2.75) is 37.4 Å². The van der Waals surface area contributed by atoms with Crippen molar-refractivity contribution in [2.75, 3.05) is 6.54 Å². The highest BCUT2D eigenvalue weighted by atomic mass is 32.2. The highest BCUT2D eigenvalue weighted by Crippen LogP contribution is 2.20. The molecule has 8 heteroatoms. The van der Waals surface area contributed by atoms with E-state index in [1.54, 1.807) is 6.07 Å². The van der Waals surface area contributed by atoms with Crippen molar-refractivity contribution in [1.29, 1.82) is 0 Å². The van der Waals surface area contributed by atoms with Crippen LogP contribution in [0.3, 0.4) is 0 Å². The van der Waals surface area contributed by atoms with Crippen LogP contribution in [0, 0.1) is 0 Å². The highest BCUT2D eigenvalue weighted by Gasteiger charge is 2.27. The molecule has 0 fully saturated rings. The zero-order valence-corrected chi connectivity index (χ0v) is 11.8. The van der Waals surface area contributed by atoms with Crippen LogP contribution >= 0.6 is 0 Å². The van der Waals surface area contributed by atoms with Gasteiger partial charge in [0.1, 0.15) is 0 Å². The molecule has 0 aromatic heterocycles. The second-order valence-corrected chi connectivity index (χ2v) is 6.02. The van der Waals surface area contributed by atoms with E-state index in [1.165, 1.54) is 12.1 Å². The molecule has 0 aliphatic carbocycles. The first kappa shape index (κ1) is 16.9. The van der Waals surface area contributed by atoms with Crippen molar-refractivity contribution in [3.63, 3.8) is 0 Å². The van der Waals surface area contributed by atoms with E-state index in [-0.39, 0.29) is 11.4 Å². The molecule has 0 amide bonds. The van der Waals surface area contributed by atoms with Gasteiger partial charge in [-0.05, 0) is 29.7 Å². The SMILES string of the molecule is CCc1ccc(S(=O)(=O)NCCC(F)(F)F)cc1CN. The number of benzene rings is 1. The van der Waals surface area contributed by atoms with Crippen molar-refractivity contribution >= 4 is 10.0 Å². The minimum absolute atomic E-state index is 0.0719. The lowest BCUT2D eigenvalue weighted by atomic mass is 10.1. The summed E-state index contributed by atoms with van der Waals surface area (Å²) >= 11 is 0. The van der Waals surface area contributed by atoms with E-state index in [1.807, 2.05) is 11.6 Å². The van der Waals surface area contributed by atoms with Gasteiger partial charge in [-0.1, -0.05) is 13.0 Å². The van der Waals surface area contributed by atoms with Crippen LogP contribution in [0.2, 0.25) is 0 Å². The molecule has 0 aliphatic heterocycles. The Bertz CT molecular complexity index is 556. The Labute approximate surface area is 116 Å². The number of halogens is 3. The maximum Gasteiger partial charge on any atom is 0.390 e. The molecule has 3 N–H and O–H groups in total. The fourth-order valence-electron chi connectivity index (χ4n) is 1.71. The Morgan fingerprint density at radius 2 is 1.90 bits per heavy atom. The predicted molar refractivity (Wildman–Crippen MR) is 69.6 cm³/mol. The van der Waals surface area contributed by atoms with E-state index in [0.29, 0.717) is 12.0 Å². The first-order valence-electron chi connectivity index (χ1n) is 6.08. The quantitative estimate of drug-likeness (QED) is 0.843. The monoisotopic (exact) mass is 310 g/mol. The van der Waals surface area contributed by atoms with Gasteiger partial charge in [0.15, 0.2) is 0 Å². The summed E-state index contributed by atoms with van der Waals surface area (Å²) in [5.74, 6) is 0. The van der Waals surface area contributed by atoms with Crippen LogP contribution in [0.25, 0.3) is 0 Å². The number of aryl methyl sites for hydroxylation is 1. The summed E-state index contributed by atoms with van der Waals surface area (Å²) in [5.41, 5.74) is 7.12. The number of nitrogens with two attached hydrogens (primary N) is 1. The fraction of sp³-hybridized carbons (Fsp3) is 0.500. The number of rotatable bonds is 6. The van der Waals surface area contributed by atoms with Gasteiger partial charge in [0.2, 0.25) is 10.0 Å². The number of hydrogen-bond donors (Lipinski definition) is 2. The molecule has 0 bridgehead atoms. The first-order chi connectivity index (χ1) is 9.19. The van der Waals surface area contributed by atoms with Crippen molar-refractivity contribution in [3.8, 4) is 0 Å². The third-order valence-electron chi connectivity index (χ3n) is 2.79. The summed E-state index contributed by atoms with van der Waals surface area (Å²) in [4.78, 5) is -0.0719. The fourth-order valence-corrected chi connectivity index (χ4v) is 2.80. The maximum absolute atomic E-state index is 12.0. The van der Waals surface area contributed by atoms with Crippen LogP contribution in [0.15, 0.2) is 23.1 Å². The predicted octanol–water partition coefficient (Wildman–Crippen LogP) is 1.94. The Kier molecular flexibility index (Phi) is 5.55. The Morgan fingerprint density at radius 3 is 2.40 bits per heavy atom. The standard InChI is InChI=1S/C12H17F3N2O2S/c1-2-9-3-4-11(7-10(9)8-16)20(18,19)17-6-5-12(13,14)15/h3-4,7,17H,2,5-6,8,16H2,1H3. The number of sulfonamides is 1. The van der Waals surface area contributed by atoms with Crippen LogP contribution in [0.1, 0.15) is 24.5 Å². The van der Waals surface area contributed by atoms with Gasteiger partial charge in [0.25, 0.3) is 0 Å². The molecule has 1 aromatic carbocycles. The van der Waals surface area contributed by atoms with Crippen LogP contribution in [-0.4, -0.2) is 21.1 Å². The molecule has 0 heterocycles. The van der Waals surface area contributed by atoms with Gasteiger partial charge in [0.05, 0.1) is 11.3 Å². The second kappa shape index (κ2) is 6.55. The summed E-state index contributed by atoms with van der Waals surface area (Å²) in [5, 5.41) is 0. The summed E-state index contributed by atoms with van der Waals surface area (Å²) in [7, 11) is -3.95. The lowest BCUT2D eigenvalue weighted by Gasteiger charge is -2.11. The average Bonchev–Trinajstić information content (AvgIpc) is 2.36. The Morgan fingerprint density at radius 1 is 1.25 bits per heavy atom. The zero-order valence-electron chi connectivity index (χ0n) is 11.0. The number of hydrogen-bond acceptors (Lipinski definition) is 3. The van der Waals surface area contributed by atoms with Crippen LogP contribution in [0.4, 0.5) is 13.2 Å². The lowest BCUT2D eigenvalue weighted by Crippen LogP contribution is -2.28. The van der Waals surface area contributed by atoms with Crippen LogP contribution in [-0.2, 0) is 23.0 Å². The molecule has 4 nitrogen and oxygen atoms in total. The number of alkyl halides is 3. The molecule has 0 saturated heterocycles. The highest BCUT2D eigenvalue weighted by molar-refractivity contribution is 7.89. The summed E-state index contributed by atoms with van der Waals surface area (Å²) < 4.78 is 61.7. The molecular formula is C12H17F3N2O2S. The van der Waals surface area contributed by atoms with Gasteiger partial charge < -0.3 is 5.73 Å². The minimum atomic E-state index is -4.39. The normalized spacial score (nSPS) is 12.7. The number of nitrogens with one attached hydrogen (secondary N) is 1. The van der Waals surface area contributed by atoms with E-state index in [4.69, 9.17) is 5.73 Å². The van der Waals surface area contributed by atoms with Gasteiger partial charge in [-0.25, -0.2) is 13.1 Å². The minimum Gasteiger partial charge on any atom is -0.326 e. The molecule has 114 valence electrons. The van der Waals surface area contributed by atoms with Crippen molar-refractivity contribution in [3.05, 3.63) is 29.3 Å². The van der Waals surface area contributed by atoms with E-state index in [0.717, 1.165) is 5.56 Å². The molecule has 0 saturated carbocycles. The molecule has 1 aromatic rings. The smallest absolute Gasteiger partial charge is 0.326 e. The summed E-state index contributed by atoms with van der Waals surface area (Å²) in [6.45, 7) is 1.40. The Balaban J connectivity index is 2.87. The molecule has 0 spiro atoms. The molecular weight excluding hydrogens is 293 g/mol. The largest absolute Gasteiger partial charge is 0.390 e. The third kappa shape index (κ3) is 4.77. The second-order valence-electron chi connectivity index (χ2n) is 4.25. The third-order valence-corrected chi connectivity index (χ3v) is 4.25. The van der Waals surface area contributed by atoms with E-state index < -0.39 is 29.2 Å². The molecule has 1 rings (SSSR count). The van der Waals surface area contributed by atoms with Crippen LogP contribution in [0.5, 0.6) is 0 Å². The van der Waals surface area contributed by atoms with Gasteiger partial charge in [-0.3, -0.25) is 0 Å². The van der Waals surface area contributed by atoms with Gasteiger partial charge >= 0.3 is 6.18 Å². The molecule has 0 aliphatic rings. The van der Waals surface area contributed by atoms with Gasteiger partial charge in [-0.2, -0.15) is 13.2 Å². The molecule has 0 unspecified atom stereocenters. The Hall–Kier alpha value is -1.12. The molecule has 0 atom stereocenters. The summed E-state index contributed by atoms with van der Waals surface area (Å²) in [6.07, 6.45) is -4.89. The lowest BCUT2D eigenvalue weighted by molar-refractivity contribution is -0.132. The van der Waals surface area contributed by atoms with E-state index >= 15 is 0 Å². The molecule has 0 radical (unpaired) electrons. The molecule has 20 heavy (non-hydrogen) atoms. The van der Waals surface area contributed by atoms with E-state index in [2.05, 4.69) is 0 Å². The van der Waals surface area contributed by atoms with Crippen molar-refractivity contribution in [2.24, 2.45) is 5.73 Å². The van der Waals surface area contributed by atoms with Crippen molar-refractivity contribution in [1.82, 2.24) is 4.72 Å². The zero-order chi connectivity index (χ0) is 15.4. The first-order valence-corrected chi connectivity index (χ1v) is 7.56. The summed E-state index contributed by atoms with van der Waals surface area (Å²) in [6, 6.07) is 4.39. The average molecular weight is 310 g/mol.